The highest BCUT2D eigenvalue weighted by Gasteiger charge is 2.19. The van der Waals surface area contributed by atoms with Crippen LogP contribution in [0.15, 0.2) is 57.5 Å². The number of likely N-dealkylation sites (N-methyl/N-ethyl adjacent to an activating group) is 1. The van der Waals surface area contributed by atoms with Crippen LogP contribution in [0, 0.1) is 0 Å². The van der Waals surface area contributed by atoms with Gasteiger partial charge in [0, 0.05) is 48.7 Å². The number of halogens is 1. The molecule has 0 N–H and O–H groups in total. The van der Waals surface area contributed by atoms with Crippen molar-refractivity contribution >= 4 is 27.7 Å². The summed E-state index contributed by atoms with van der Waals surface area (Å²) in [4.78, 5) is 33.2. The molecule has 2 heterocycles. The Morgan fingerprint density at radius 2 is 1.78 bits per heavy atom. The Kier molecular flexibility index (Phi) is 6.99. The lowest BCUT2D eigenvalue weighted by molar-refractivity contribution is 0.0723. The Morgan fingerprint density at radius 1 is 1.06 bits per heavy atom. The number of hydrogen-bond acceptors (Lipinski definition) is 5. The van der Waals surface area contributed by atoms with E-state index in [1.54, 1.807) is 30.1 Å². The minimum absolute atomic E-state index is 0.0697. The van der Waals surface area contributed by atoms with Crippen molar-refractivity contribution in [2.45, 2.75) is 25.7 Å². The molecule has 1 aliphatic rings. The van der Waals surface area contributed by atoms with Crippen LogP contribution in [0.25, 0.3) is 11.5 Å². The van der Waals surface area contributed by atoms with E-state index in [4.69, 9.17) is 4.52 Å². The highest BCUT2D eigenvalue weighted by Crippen LogP contribution is 2.21. The lowest BCUT2D eigenvalue weighted by Crippen LogP contribution is -2.35. The number of rotatable bonds is 6. The van der Waals surface area contributed by atoms with E-state index in [9.17, 15) is 9.59 Å². The topological polar surface area (TPSA) is 79.5 Å². The molecule has 0 bridgehead atoms. The molecule has 2 amide bonds. The van der Waals surface area contributed by atoms with Gasteiger partial charge in [-0.25, -0.2) is 0 Å². The summed E-state index contributed by atoms with van der Waals surface area (Å²) in [6, 6.07) is 14.6. The van der Waals surface area contributed by atoms with Gasteiger partial charge in [0.25, 0.3) is 17.7 Å². The summed E-state index contributed by atoms with van der Waals surface area (Å²) < 4.78 is 6.16. The van der Waals surface area contributed by atoms with Gasteiger partial charge in [-0.15, -0.1) is 0 Å². The zero-order chi connectivity index (χ0) is 22.5. The zero-order valence-corrected chi connectivity index (χ0v) is 19.5. The first kappa shape index (κ1) is 22.2. The number of carbonyl (C=O) groups is 2. The molecule has 0 radical (unpaired) electrons. The molecule has 0 saturated carbocycles. The maximum absolute atomic E-state index is 12.6. The highest BCUT2D eigenvalue weighted by atomic mass is 79.9. The number of aromatic nitrogens is 2. The van der Waals surface area contributed by atoms with Gasteiger partial charge in [0.15, 0.2) is 5.82 Å². The fourth-order valence-corrected chi connectivity index (χ4v) is 4.17. The van der Waals surface area contributed by atoms with Gasteiger partial charge in [-0.1, -0.05) is 17.3 Å². The second-order valence-electron chi connectivity index (χ2n) is 7.90. The molecule has 1 saturated heterocycles. The molecule has 0 spiro atoms. The molecule has 32 heavy (non-hydrogen) atoms. The fourth-order valence-electron chi connectivity index (χ4n) is 3.72. The van der Waals surface area contributed by atoms with Crippen LogP contribution >= 0.6 is 15.9 Å². The largest absolute Gasteiger partial charge is 0.341 e. The van der Waals surface area contributed by atoms with Crippen LogP contribution in [0.2, 0.25) is 0 Å². The first-order chi connectivity index (χ1) is 15.5. The summed E-state index contributed by atoms with van der Waals surface area (Å²) in [5, 5.41) is 4.04. The van der Waals surface area contributed by atoms with Crippen molar-refractivity contribution in [2.75, 3.05) is 26.7 Å². The number of piperidine rings is 1. The first-order valence-electron chi connectivity index (χ1n) is 10.8. The van der Waals surface area contributed by atoms with E-state index in [0.29, 0.717) is 35.8 Å². The third kappa shape index (κ3) is 5.07. The average molecular weight is 497 g/mol. The van der Waals surface area contributed by atoms with E-state index < -0.39 is 0 Å². The molecule has 0 unspecified atom stereocenters. The van der Waals surface area contributed by atoms with Gasteiger partial charge in [0.05, 0.1) is 5.56 Å². The summed E-state index contributed by atoms with van der Waals surface area (Å²) >= 11 is 3.42. The van der Waals surface area contributed by atoms with Crippen molar-refractivity contribution in [1.82, 2.24) is 19.9 Å². The van der Waals surface area contributed by atoms with Crippen molar-refractivity contribution in [2.24, 2.45) is 0 Å². The van der Waals surface area contributed by atoms with E-state index in [1.165, 1.54) is 6.42 Å². The molecule has 2 aromatic carbocycles. The number of likely N-dealkylation sites (tertiary alicyclic amines) is 1. The average Bonchev–Trinajstić information content (AvgIpc) is 3.32. The number of benzene rings is 2. The van der Waals surface area contributed by atoms with Crippen molar-refractivity contribution in [1.29, 1.82) is 0 Å². The van der Waals surface area contributed by atoms with Crippen LogP contribution in [-0.2, 0) is 6.42 Å². The molecular formula is C24H25BrN4O3. The van der Waals surface area contributed by atoms with Crippen molar-refractivity contribution < 1.29 is 14.1 Å². The van der Waals surface area contributed by atoms with Crippen LogP contribution in [0.3, 0.4) is 0 Å². The molecule has 4 rings (SSSR count). The summed E-state index contributed by atoms with van der Waals surface area (Å²) in [6.07, 6.45) is 3.80. The van der Waals surface area contributed by atoms with Crippen molar-refractivity contribution in [3.63, 3.8) is 0 Å². The van der Waals surface area contributed by atoms with Crippen LogP contribution in [-0.4, -0.2) is 58.4 Å². The standard InChI is InChI=1S/C24H25BrN4O3/c1-28(24(31)19-7-3-4-8-20(19)25)16-13-21-26-22(32-27-21)17-9-11-18(12-10-17)23(30)29-14-5-2-6-15-29/h3-4,7-12H,2,5-6,13-16H2,1H3. The maximum Gasteiger partial charge on any atom is 0.257 e. The first-order valence-corrected chi connectivity index (χ1v) is 11.5. The Morgan fingerprint density at radius 3 is 2.50 bits per heavy atom. The minimum atomic E-state index is -0.0739. The van der Waals surface area contributed by atoms with Crippen LogP contribution in [0.4, 0.5) is 0 Å². The predicted octanol–water partition coefficient (Wildman–Crippen LogP) is 4.44. The molecular weight excluding hydrogens is 472 g/mol. The molecule has 166 valence electrons. The van der Waals surface area contributed by atoms with Crippen LogP contribution in [0.5, 0.6) is 0 Å². The van der Waals surface area contributed by atoms with E-state index in [2.05, 4.69) is 26.1 Å². The fraction of sp³-hybridized carbons (Fsp3) is 0.333. The molecule has 1 aliphatic heterocycles. The molecule has 0 aliphatic carbocycles. The maximum atomic E-state index is 12.6. The Hall–Kier alpha value is -3.00. The summed E-state index contributed by atoms with van der Waals surface area (Å²) in [5.74, 6) is 0.924. The Balaban J connectivity index is 1.35. The molecule has 8 heteroatoms. The highest BCUT2D eigenvalue weighted by molar-refractivity contribution is 9.10. The summed E-state index contributed by atoms with van der Waals surface area (Å²) in [5.41, 5.74) is 2.04. The number of hydrogen-bond donors (Lipinski definition) is 0. The van der Waals surface area contributed by atoms with Gasteiger partial charge in [0.2, 0.25) is 0 Å². The number of amides is 2. The van der Waals surface area contributed by atoms with Gasteiger partial charge in [-0.05, 0) is 71.6 Å². The quantitative estimate of drug-likeness (QED) is 0.503. The monoisotopic (exact) mass is 496 g/mol. The molecule has 1 aromatic heterocycles. The molecule has 1 fully saturated rings. The van der Waals surface area contributed by atoms with Gasteiger partial charge >= 0.3 is 0 Å². The second kappa shape index (κ2) is 10.1. The molecule has 0 atom stereocenters. The lowest BCUT2D eigenvalue weighted by Gasteiger charge is -2.26. The van der Waals surface area contributed by atoms with Crippen molar-refractivity contribution in [3.05, 3.63) is 70.0 Å². The smallest absolute Gasteiger partial charge is 0.257 e. The Labute approximate surface area is 195 Å². The van der Waals surface area contributed by atoms with E-state index in [0.717, 1.165) is 36.0 Å². The van der Waals surface area contributed by atoms with E-state index >= 15 is 0 Å². The predicted molar refractivity (Wildman–Crippen MR) is 124 cm³/mol. The van der Waals surface area contributed by atoms with Crippen LogP contribution < -0.4 is 0 Å². The SMILES string of the molecule is CN(CCc1noc(-c2ccc(C(=O)N3CCCCC3)cc2)n1)C(=O)c1ccccc1Br. The van der Waals surface area contributed by atoms with Gasteiger partial charge in [0.1, 0.15) is 0 Å². The number of carbonyl (C=O) groups excluding carboxylic acids is 2. The van der Waals surface area contributed by atoms with E-state index in [-0.39, 0.29) is 11.8 Å². The third-order valence-corrected chi connectivity index (χ3v) is 6.30. The second-order valence-corrected chi connectivity index (χ2v) is 8.76. The Bertz CT molecular complexity index is 1090. The summed E-state index contributed by atoms with van der Waals surface area (Å²) in [7, 11) is 1.75. The van der Waals surface area contributed by atoms with Gasteiger partial charge < -0.3 is 14.3 Å². The molecule has 3 aromatic rings. The normalized spacial score (nSPS) is 13.8. The van der Waals surface area contributed by atoms with Crippen molar-refractivity contribution in [3.8, 4) is 11.5 Å². The molecule has 7 nitrogen and oxygen atoms in total. The lowest BCUT2D eigenvalue weighted by atomic mass is 10.1. The zero-order valence-electron chi connectivity index (χ0n) is 18.0. The van der Waals surface area contributed by atoms with E-state index in [1.807, 2.05) is 35.2 Å². The van der Waals surface area contributed by atoms with Crippen LogP contribution in [0.1, 0.15) is 45.8 Å². The minimum Gasteiger partial charge on any atom is -0.341 e. The van der Waals surface area contributed by atoms with Gasteiger partial charge in [-0.3, -0.25) is 9.59 Å². The summed E-state index contributed by atoms with van der Waals surface area (Å²) in [6.45, 7) is 2.11. The third-order valence-electron chi connectivity index (χ3n) is 5.61. The van der Waals surface area contributed by atoms with Gasteiger partial charge in [-0.2, -0.15) is 4.98 Å². The number of nitrogens with zero attached hydrogens (tertiary/aromatic N) is 4.